The van der Waals surface area contributed by atoms with Gasteiger partial charge in [-0.25, -0.2) is 9.97 Å². The maximum Gasteiger partial charge on any atom is 0.161 e. The molecule has 0 aliphatic rings. The highest BCUT2D eigenvalue weighted by atomic mass is 79.9. The van der Waals surface area contributed by atoms with Crippen molar-refractivity contribution in [3.05, 3.63) is 75.9 Å². The molecule has 1 heterocycles. The summed E-state index contributed by atoms with van der Waals surface area (Å²) in [6.45, 7) is 3.97. The van der Waals surface area contributed by atoms with Crippen molar-refractivity contribution in [3.63, 3.8) is 0 Å². The van der Waals surface area contributed by atoms with Crippen molar-refractivity contribution in [3.8, 4) is 11.4 Å². The SMILES string of the molecule is Cc1nc(-c2ccccc2)nc(N/N=C/c2ccc(Br)cc2)c1C. The third-order valence-corrected chi connectivity index (χ3v) is 4.20. The van der Waals surface area contributed by atoms with Gasteiger partial charge in [0.2, 0.25) is 0 Å². The van der Waals surface area contributed by atoms with E-state index in [1.165, 1.54) is 0 Å². The zero-order valence-corrected chi connectivity index (χ0v) is 15.1. The molecule has 0 unspecified atom stereocenters. The first-order valence-corrected chi connectivity index (χ1v) is 8.38. The molecule has 2 aromatic carbocycles. The lowest BCUT2D eigenvalue weighted by molar-refractivity contribution is 1.06. The van der Waals surface area contributed by atoms with Gasteiger partial charge in [-0.3, -0.25) is 5.43 Å². The maximum atomic E-state index is 4.61. The Bertz CT molecular complexity index is 859. The monoisotopic (exact) mass is 380 g/mol. The van der Waals surface area contributed by atoms with Crippen molar-refractivity contribution < 1.29 is 0 Å². The van der Waals surface area contributed by atoms with Crippen LogP contribution < -0.4 is 5.43 Å². The van der Waals surface area contributed by atoms with Crippen molar-refractivity contribution in [2.75, 3.05) is 5.43 Å². The Kier molecular flexibility index (Phi) is 5.01. The summed E-state index contributed by atoms with van der Waals surface area (Å²) >= 11 is 3.42. The Morgan fingerprint density at radius 2 is 1.67 bits per heavy atom. The van der Waals surface area contributed by atoms with Crippen LogP contribution in [0.1, 0.15) is 16.8 Å². The van der Waals surface area contributed by atoms with E-state index in [0.717, 1.165) is 32.7 Å². The van der Waals surface area contributed by atoms with Gasteiger partial charge in [0.05, 0.1) is 6.21 Å². The first-order chi connectivity index (χ1) is 11.6. The van der Waals surface area contributed by atoms with Gasteiger partial charge in [-0.05, 0) is 31.5 Å². The predicted molar refractivity (Wildman–Crippen MR) is 102 cm³/mol. The lowest BCUT2D eigenvalue weighted by atomic mass is 10.2. The highest BCUT2D eigenvalue weighted by Gasteiger charge is 2.08. The van der Waals surface area contributed by atoms with E-state index >= 15 is 0 Å². The van der Waals surface area contributed by atoms with Crippen LogP contribution in [-0.2, 0) is 0 Å². The Morgan fingerprint density at radius 1 is 0.958 bits per heavy atom. The van der Waals surface area contributed by atoms with Crippen LogP contribution in [0.2, 0.25) is 0 Å². The Balaban J connectivity index is 1.85. The van der Waals surface area contributed by atoms with Crippen LogP contribution >= 0.6 is 15.9 Å². The number of halogens is 1. The molecule has 0 aliphatic carbocycles. The molecule has 0 saturated heterocycles. The summed E-state index contributed by atoms with van der Waals surface area (Å²) in [6.07, 6.45) is 1.77. The number of nitrogens with one attached hydrogen (secondary N) is 1. The van der Waals surface area contributed by atoms with Gasteiger partial charge in [0.15, 0.2) is 11.6 Å². The second-order valence-corrected chi connectivity index (χ2v) is 6.31. The molecule has 120 valence electrons. The van der Waals surface area contributed by atoms with Gasteiger partial charge in [-0.15, -0.1) is 0 Å². The highest BCUT2D eigenvalue weighted by molar-refractivity contribution is 9.10. The normalized spacial score (nSPS) is 11.0. The van der Waals surface area contributed by atoms with Crippen molar-refractivity contribution >= 4 is 28.0 Å². The molecule has 5 heteroatoms. The molecule has 0 saturated carbocycles. The Labute approximate surface area is 149 Å². The fourth-order valence-corrected chi connectivity index (χ4v) is 2.44. The summed E-state index contributed by atoms with van der Waals surface area (Å²) in [5.74, 6) is 1.41. The number of hydrogen-bond acceptors (Lipinski definition) is 4. The maximum absolute atomic E-state index is 4.61. The molecule has 3 rings (SSSR count). The summed E-state index contributed by atoms with van der Waals surface area (Å²) < 4.78 is 1.04. The van der Waals surface area contributed by atoms with Gasteiger partial charge in [-0.2, -0.15) is 5.10 Å². The van der Waals surface area contributed by atoms with Crippen molar-refractivity contribution in [1.82, 2.24) is 9.97 Å². The molecule has 0 radical (unpaired) electrons. The summed E-state index contributed by atoms with van der Waals surface area (Å²) in [5.41, 5.74) is 6.96. The summed E-state index contributed by atoms with van der Waals surface area (Å²) in [6, 6.07) is 17.9. The standard InChI is InChI=1S/C19H17BrN4/c1-13-14(2)22-19(16-6-4-3-5-7-16)23-18(13)24-21-12-15-8-10-17(20)11-9-15/h3-12H,1-2H3,(H,22,23,24)/b21-12+. The third-order valence-electron chi connectivity index (χ3n) is 3.68. The van der Waals surface area contributed by atoms with Gasteiger partial charge >= 0.3 is 0 Å². The predicted octanol–water partition coefficient (Wildman–Crippen LogP) is 4.97. The van der Waals surface area contributed by atoms with E-state index in [4.69, 9.17) is 0 Å². The molecule has 0 aliphatic heterocycles. The first kappa shape index (κ1) is 16.3. The number of rotatable bonds is 4. The van der Waals surface area contributed by atoms with E-state index in [-0.39, 0.29) is 0 Å². The van der Waals surface area contributed by atoms with Crippen LogP contribution in [0.25, 0.3) is 11.4 Å². The second kappa shape index (κ2) is 7.36. The quantitative estimate of drug-likeness (QED) is 0.513. The number of aromatic nitrogens is 2. The largest absolute Gasteiger partial charge is 0.261 e. The average molecular weight is 381 g/mol. The summed E-state index contributed by atoms with van der Waals surface area (Å²) in [5, 5.41) is 4.30. The van der Waals surface area contributed by atoms with Crippen LogP contribution in [-0.4, -0.2) is 16.2 Å². The third kappa shape index (κ3) is 3.86. The smallest absolute Gasteiger partial charge is 0.161 e. The number of hydrazone groups is 1. The van der Waals surface area contributed by atoms with Gasteiger partial charge in [0.1, 0.15) is 0 Å². The average Bonchev–Trinajstić information content (AvgIpc) is 2.61. The lowest BCUT2D eigenvalue weighted by Gasteiger charge is -2.09. The van der Waals surface area contributed by atoms with Crippen molar-refractivity contribution in [1.29, 1.82) is 0 Å². The number of hydrogen-bond donors (Lipinski definition) is 1. The van der Waals surface area contributed by atoms with E-state index < -0.39 is 0 Å². The van der Waals surface area contributed by atoms with Gasteiger partial charge in [-0.1, -0.05) is 58.4 Å². The van der Waals surface area contributed by atoms with E-state index in [1.54, 1.807) is 6.21 Å². The Morgan fingerprint density at radius 3 is 2.38 bits per heavy atom. The molecule has 0 bridgehead atoms. The fourth-order valence-electron chi connectivity index (χ4n) is 2.17. The zero-order chi connectivity index (χ0) is 16.9. The minimum atomic E-state index is 0.694. The summed E-state index contributed by atoms with van der Waals surface area (Å²) in [7, 11) is 0. The summed E-state index contributed by atoms with van der Waals surface area (Å²) in [4.78, 5) is 9.18. The molecular weight excluding hydrogens is 364 g/mol. The molecule has 1 aromatic heterocycles. The van der Waals surface area contributed by atoms with Crippen molar-refractivity contribution in [2.24, 2.45) is 5.10 Å². The fraction of sp³-hybridized carbons (Fsp3) is 0.105. The number of aryl methyl sites for hydroxylation is 1. The number of benzene rings is 2. The molecule has 0 fully saturated rings. The zero-order valence-electron chi connectivity index (χ0n) is 13.5. The van der Waals surface area contributed by atoms with Crippen LogP contribution in [0.3, 0.4) is 0 Å². The van der Waals surface area contributed by atoms with Gasteiger partial charge < -0.3 is 0 Å². The van der Waals surface area contributed by atoms with Crippen LogP contribution in [0.15, 0.2) is 64.2 Å². The van der Waals surface area contributed by atoms with E-state index in [2.05, 4.69) is 36.4 Å². The van der Waals surface area contributed by atoms with Gasteiger partial charge in [0, 0.05) is 21.3 Å². The number of anilines is 1. The topological polar surface area (TPSA) is 50.2 Å². The highest BCUT2D eigenvalue weighted by Crippen LogP contribution is 2.21. The second-order valence-electron chi connectivity index (χ2n) is 5.39. The molecule has 0 amide bonds. The van der Waals surface area contributed by atoms with E-state index in [9.17, 15) is 0 Å². The van der Waals surface area contributed by atoms with Crippen LogP contribution in [0, 0.1) is 13.8 Å². The minimum Gasteiger partial charge on any atom is -0.261 e. The Hall–Kier alpha value is -2.53. The molecule has 24 heavy (non-hydrogen) atoms. The molecule has 1 N–H and O–H groups in total. The number of nitrogens with zero attached hydrogens (tertiary/aromatic N) is 3. The molecule has 4 nitrogen and oxygen atoms in total. The molecule has 0 spiro atoms. The first-order valence-electron chi connectivity index (χ1n) is 7.59. The molecular formula is C19H17BrN4. The van der Waals surface area contributed by atoms with E-state index in [0.29, 0.717) is 5.82 Å². The van der Waals surface area contributed by atoms with Crippen molar-refractivity contribution in [2.45, 2.75) is 13.8 Å². The van der Waals surface area contributed by atoms with Crippen LogP contribution in [0.5, 0.6) is 0 Å². The van der Waals surface area contributed by atoms with Crippen LogP contribution in [0.4, 0.5) is 5.82 Å². The van der Waals surface area contributed by atoms with Gasteiger partial charge in [0.25, 0.3) is 0 Å². The molecule has 0 atom stereocenters. The lowest BCUT2D eigenvalue weighted by Crippen LogP contribution is -2.03. The molecule has 3 aromatic rings. The minimum absolute atomic E-state index is 0.694. The van der Waals surface area contributed by atoms with E-state index in [1.807, 2.05) is 68.4 Å².